The van der Waals surface area contributed by atoms with Crippen molar-refractivity contribution in [3.05, 3.63) is 53.9 Å². The average molecular weight is 337 g/mol. The largest absolute Gasteiger partial charge is 0.480 e. The monoisotopic (exact) mass is 337 g/mol. The normalized spacial score (nSPS) is 17.7. The highest BCUT2D eigenvalue weighted by atomic mass is 16.5. The Bertz CT molecular complexity index is 819. The molecule has 0 saturated carbocycles. The number of aromatic nitrogens is 4. The van der Waals surface area contributed by atoms with Crippen molar-refractivity contribution in [1.29, 1.82) is 0 Å². The topological polar surface area (TPSA) is 77.2 Å². The molecule has 1 unspecified atom stereocenters. The fraction of sp³-hybridized carbons (Fsp3) is 0.333. The van der Waals surface area contributed by atoms with Crippen LogP contribution in [-0.2, 0) is 6.54 Å². The van der Waals surface area contributed by atoms with Gasteiger partial charge in [0.15, 0.2) is 0 Å². The first-order chi connectivity index (χ1) is 12.3. The van der Waals surface area contributed by atoms with Gasteiger partial charge < -0.3 is 9.26 Å². The van der Waals surface area contributed by atoms with Crippen LogP contribution in [0.5, 0.6) is 5.88 Å². The molecule has 0 N–H and O–H groups in total. The minimum absolute atomic E-state index is 0.146. The highest BCUT2D eigenvalue weighted by Gasteiger charge is 2.31. The fourth-order valence-corrected chi connectivity index (χ4v) is 3.14. The van der Waals surface area contributed by atoms with Gasteiger partial charge in [-0.25, -0.2) is 0 Å². The van der Waals surface area contributed by atoms with Gasteiger partial charge in [-0.15, -0.1) is 10.2 Å². The molecular formula is C18H19N5O2. The molecule has 25 heavy (non-hydrogen) atoms. The van der Waals surface area contributed by atoms with E-state index in [0.717, 1.165) is 25.9 Å². The predicted molar refractivity (Wildman–Crippen MR) is 90.7 cm³/mol. The van der Waals surface area contributed by atoms with Gasteiger partial charge in [-0.2, -0.15) is 4.98 Å². The summed E-state index contributed by atoms with van der Waals surface area (Å²) >= 11 is 0. The van der Waals surface area contributed by atoms with E-state index in [1.165, 1.54) is 5.56 Å². The van der Waals surface area contributed by atoms with Crippen molar-refractivity contribution in [2.75, 3.05) is 13.7 Å². The maximum Gasteiger partial charge on any atom is 0.244 e. The Morgan fingerprint density at radius 2 is 2.04 bits per heavy atom. The lowest BCUT2D eigenvalue weighted by atomic mass is 10.2. The molecule has 0 radical (unpaired) electrons. The number of hydrogen-bond donors (Lipinski definition) is 0. The lowest BCUT2D eigenvalue weighted by molar-refractivity contribution is 0.201. The van der Waals surface area contributed by atoms with E-state index < -0.39 is 0 Å². The lowest BCUT2D eigenvalue weighted by Crippen LogP contribution is -2.22. The summed E-state index contributed by atoms with van der Waals surface area (Å²) in [6.45, 7) is 1.91. The summed E-state index contributed by atoms with van der Waals surface area (Å²) in [5.74, 6) is 1.55. The number of ether oxygens (including phenoxy) is 1. The summed E-state index contributed by atoms with van der Waals surface area (Å²) in [7, 11) is 1.55. The van der Waals surface area contributed by atoms with Crippen molar-refractivity contribution in [1.82, 2.24) is 25.2 Å². The smallest absolute Gasteiger partial charge is 0.244 e. The summed E-state index contributed by atoms with van der Waals surface area (Å²) in [5.41, 5.74) is 1.86. The molecular weight excluding hydrogens is 318 g/mol. The average Bonchev–Trinajstić information content (AvgIpc) is 3.32. The molecule has 3 heterocycles. The zero-order valence-electron chi connectivity index (χ0n) is 14.0. The van der Waals surface area contributed by atoms with Crippen LogP contribution in [0.3, 0.4) is 0 Å². The summed E-state index contributed by atoms with van der Waals surface area (Å²) < 4.78 is 10.5. The summed E-state index contributed by atoms with van der Waals surface area (Å²) in [5, 5.41) is 12.1. The minimum atomic E-state index is 0.146. The Morgan fingerprint density at radius 1 is 1.16 bits per heavy atom. The van der Waals surface area contributed by atoms with Crippen LogP contribution in [0.15, 0.2) is 47.0 Å². The van der Waals surface area contributed by atoms with Crippen LogP contribution in [0.1, 0.15) is 30.3 Å². The number of likely N-dealkylation sites (tertiary alicyclic amines) is 1. The van der Waals surface area contributed by atoms with Crippen molar-refractivity contribution < 1.29 is 9.26 Å². The Kier molecular flexibility index (Phi) is 4.39. The fourth-order valence-electron chi connectivity index (χ4n) is 3.14. The second-order valence-electron chi connectivity index (χ2n) is 6.03. The third-order valence-corrected chi connectivity index (χ3v) is 4.40. The number of nitrogens with zero attached hydrogens (tertiary/aromatic N) is 5. The molecule has 1 aromatic carbocycles. The van der Waals surface area contributed by atoms with E-state index >= 15 is 0 Å². The first kappa shape index (κ1) is 15.7. The van der Waals surface area contributed by atoms with Gasteiger partial charge in [0.05, 0.1) is 13.2 Å². The van der Waals surface area contributed by atoms with Gasteiger partial charge in [0.25, 0.3) is 0 Å². The first-order valence-corrected chi connectivity index (χ1v) is 8.33. The van der Waals surface area contributed by atoms with E-state index in [1.807, 2.05) is 6.07 Å². The molecule has 1 aliphatic rings. The molecule has 2 aromatic heterocycles. The zero-order valence-corrected chi connectivity index (χ0v) is 14.0. The molecule has 1 saturated heterocycles. The maximum absolute atomic E-state index is 5.53. The Morgan fingerprint density at radius 3 is 2.80 bits per heavy atom. The molecule has 3 aromatic rings. The van der Waals surface area contributed by atoms with Crippen molar-refractivity contribution >= 4 is 0 Å². The highest BCUT2D eigenvalue weighted by molar-refractivity contribution is 5.47. The van der Waals surface area contributed by atoms with Gasteiger partial charge in [0.2, 0.25) is 17.6 Å². The van der Waals surface area contributed by atoms with Gasteiger partial charge in [-0.1, -0.05) is 35.5 Å². The molecule has 128 valence electrons. The molecule has 0 spiro atoms. The van der Waals surface area contributed by atoms with Gasteiger partial charge in [0, 0.05) is 12.6 Å². The van der Waals surface area contributed by atoms with E-state index in [0.29, 0.717) is 23.3 Å². The summed E-state index contributed by atoms with van der Waals surface area (Å²) in [6, 6.07) is 14.1. The quantitative estimate of drug-likeness (QED) is 0.708. The second-order valence-corrected chi connectivity index (χ2v) is 6.03. The van der Waals surface area contributed by atoms with Crippen LogP contribution in [0.25, 0.3) is 11.5 Å². The number of hydrogen-bond acceptors (Lipinski definition) is 7. The molecule has 1 aliphatic heterocycles. The van der Waals surface area contributed by atoms with Crippen molar-refractivity contribution in [2.24, 2.45) is 0 Å². The molecule has 7 heteroatoms. The molecule has 1 fully saturated rings. The van der Waals surface area contributed by atoms with Crippen molar-refractivity contribution in [2.45, 2.75) is 25.4 Å². The van der Waals surface area contributed by atoms with Gasteiger partial charge in [-0.3, -0.25) is 4.90 Å². The number of methoxy groups -OCH3 is 1. The SMILES string of the molecule is COc1ccc(-c2noc(C3CCCN3Cc3ccccc3)n2)nn1. The predicted octanol–water partition coefficient (Wildman–Crippen LogP) is 2.87. The second kappa shape index (κ2) is 6.98. The summed E-state index contributed by atoms with van der Waals surface area (Å²) in [6.07, 6.45) is 2.14. The molecule has 4 rings (SSSR count). The Balaban J connectivity index is 1.52. The van der Waals surface area contributed by atoms with Crippen LogP contribution in [0, 0.1) is 0 Å². The third-order valence-electron chi connectivity index (χ3n) is 4.40. The van der Waals surface area contributed by atoms with Crippen LogP contribution in [0.4, 0.5) is 0 Å². The lowest BCUT2D eigenvalue weighted by Gasteiger charge is -2.21. The minimum Gasteiger partial charge on any atom is -0.480 e. The van der Waals surface area contributed by atoms with Gasteiger partial charge in [0.1, 0.15) is 5.69 Å². The van der Waals surface area contributed by atoms with E-state index in [-0.39, 0.29) is 6.04 Å². The standard InChI is InChI=1S/C18H19N5O2/c1-24-16-10-9-14(20-21-16)17-19-18(25-22-17)15-8-5-11-23(15)12-13-6-3-2-4-7-13/h2-4,6-7,9-10,15H,5,8,11-12H2,1H3. The molecule has 7 nitrogen and oxygen atoms in total. The Labute approximate surface area is 145 Å². The van der Waals surface area contributed by atoms with E-state index in [1.54, 1.807) is 19.2 Å². The van der Waals surface area contributed by atoms with Gasteiger partial charge in [-0.05, 0) is 31.0 Å². The van der Waals surface area contributed by atoms with Crippen LogP contribution >= 0.6 is 0 Å². The van der Waals surface area contributed by atoms with E-state index in [2.05, 4.69) is 49.5 Å². The Hall–Kier alpha value is -2.80. The third kappa shape index (κ3) is 3.36. The highest BCUT2D eigenvalue weighted by Crippen LogP contribution is 2.33. The molecule has 0 amide bonds. The number of rotatable bonds is 5. The maximum atomic E-state index is 5.53. The zero-order chi connectivity index (χ0) is 17.1. The van der Waals surface area contributed by atoms with Crippen LogP contribution in [0.2, 0.25) is 0 Å². The summed E-state index contributed by atoms with van der Waals surface area (Å²) in [4.78, 5) is 6.93. The van der Waals surface area contributed by atoms with Crippen LogP contribution < -0.4 is 4.74 Å². The molecule has 0 bridgehead atoms. The molecule has 0 aliphatic carbocycles. The number of benzene rings is 1. The van der Waals surface area contributed by atoms with E-state index in [9.17, 15) is 0 Å². The van der Waals surface area contributed by atoms with Crippen molar-refractivity contribution in [3.63, 3.8) is 0 Å². The molecule has 1 atom stereocenters. The van der Waals surface area contributed by atoms with Crippen LogP contribution in [-0.4, -0.2) is 38.9 Å². The van der Waals surface area contributed by atoms with E-state index in [4.69, 9.17) is 9.26 Å². The van der Waals surface area contributed by atoms with Gasteiger partial charge >= 0.3 is 0 Å². The first-order valence-electron chi connectivity index (χ1n) is 8.33. The van der Waals surface area contributed by atoms with Crippen molar-refractivity contribution in [3.8, 4) is 17.4 Å².